The maximum atomic E-state index is 11.9. The highest BCUT2D eigenvalue weighted by atomic mass is 127. The van der Waals surface area contributed by atoms with E-state index in [1.165, 1.54) is 23.3 Å². The number of thiophene rings is 1. The summed E-state index contributed by atoms with van der Waals surface area (Å²) >= 11 is 1.73. The average Bonchev–Trinajstić information content (AvgIpc) is 3.16. The molecule has 1 aromatic rings. The van der Waals surface area contributed by atoms with Crippen LogP contribution in [0.3, 0.4) is 0 Å². The summed E-state index contributed by atoms with van der Waals surface area (Å²) in [5.74, 6) is 0.906. The lowest BCUT2D eigenvalue weighted by molar-refractivity contribution is -0.121. The molecule has 1 aliphatic carbocycles. The van der Waals surface area contributed by atoms with Crippen LogP contribution < -0.4 is 16.0 Å². The van der Waals surface area contributed by atoms with E-state index in [4.69, 9.17) is 0 Å². The van der Waals surface area contributed by atoms with Crippen LogP contribution >= 0.6 is 35.3 Å². The molecule has 5 nitrogen and oxygen atoms in total. The number of carbonyl (C=O) groups is 1. The average molecular weight is 464 g/mol. The van der Waals surface area contributed by atoms with E-state index in [1.54, 1.807) is 11.3 Å². The molecule has 0 radical (unpaired) electrons. The Morgan fingerprint density at radius 1 is 1.33 bits per heavy atom. The standard InChI is InChI=1S/C17H28N4OS.HI/c1-3-18-17(20-12-15-13(2)9-11-23-15)19-10-8-16(22)21-14-6-4-5-7-14;/h9,11,14H,3-8,10,12H2,1-2H3,(H,21,22)(H2,18,19,20);1H. The van der Waals surface area contributed by atoms with E-state index in [-0.39, 0.29) is 29.9 Å². The lowest BCUT2D eigenvalue weighted by atomic mass is 10.2. The summed E-state index contributed by atoms with van der Waals surface area (Å²) in [6.07, 6.45) is 5.22. The maximum Gasteiger partial charge on any atom is 0.221 e. The van der Waals surface area contributed by atoms with Crippen molar-refractivity contribution in [2.24, 2.45) is 4.99 Å². The predicted molar refractivity (Wildman–Crippen MR) is 112 cm³/mol. The van der Waals surface area contributed by atoms with Crippen molar-refractivity contribution in [2.45, 2.75) is 58.5 Å². The molecule has 1 aromatic heterocycles. The van der Waals surface area contributed by atoms with Crippen molar-refractivity contribution in [3.8, 4) is 0 Å². The minimum absolute atomic E-state index is 0. The number of carbonyl (C=O) groups excluding carboxylic acids is 1. The first-order chi connectivity index (χ1) is 11.2. The Bertz CT molecular complexity index is 526. The molecule has 0 bridgehead atoms. The molecule has 1 saturated carbocycles. The minimum atomic E-state index is 0. The third-order valence-corrected chi connectivity index (χ3v) is 5.07. The van der Waals surface area contributed by atoms with Crippen molar-refractivity contribution in [2.75, 3.05) is 13.1 Å². The summed E-state index contributed by atoms with van der Waals surface area (Å²) in [4.78, 5) is 17.8. The van der Waals surface area contributed by atoms with Crippen LogP contribution in [0.2, 0.25) is 0 Å². The topological polar surface area (TPSA) is 65.5 Å². The first kappa shape index (κ1) is 21.2. The predicted octanol–water partition coefficient (Wildman–Crippen LogP) is 3.18. The Morgan fingerprint density at radius 2 is 2.08 bits per heavy atom. The molecule has 7 heteroatoms. The van der Waals surface area contributed by atoms with Crippen LogP contribution in [0.1, 0.15) is 49.5 Å². The zero-order valence-electron chi connectivity index (χ0n) is 14.6. The molecule has 1 fully saturated rings. The van der Waals surface area contributed by atoms with Gasteiger partial charge in [0, 0.05) is 30.4 Å². The van der Waals surface area contributed by atoms with Crippen LogP contribution in [0, 0.1) is 6.92 Å². The number of aryl methyl sites for hydroxylation is 1. The number of aliphatic imine (C=N–C) groups is 1. The van der Waals surface area contributed by atoms with Gasteiger partial charge in [-0.05, 0) is 43.7 Å². The van der Waals surface area contributed by atoms with Crippen molar-refractivity contribution in [1.29, 1.82) is 0 Å². The Hall–Kier alpha value is -0.830. The normalized spacial score (nSPS) is 15.0. The van der Waals surface area contributed by atoms with Gasteiger partial charge in [0.05, 0.1) is 6.54 Å². The first-order valence-corrected chi connectivity index (χ1v) is 9.41. The van der Waals surface area contributed by atoms with E-state index in [0.29, 0.717) is 25.6 Å². The summed E-state index contributed by atoms with van der Waals surface area (Å²) in [5.41, 5.74) is 1.28. The van der Waals surface area contributed by atoms with Crippen molar-refractivity contribution >= 4 is 47.2 Å². The van der Waals surface area contributed by atoms with E-state index in [0.717, 1.165) is 25.3 Å². The Morgan fingerprint density at radius 3 is 2.71 bits per heavy atom. The molecule has 0 unspecified atom stereocenters. The fourth-order valence-corrected chi connectivity index (χ4v) is 3.55. The van der Waals surface area contributed by atoms with Gasteiger partial charge in [-0.2, -0.15) is 0 Å². The van der Waals surface area contributed by atoms with Crippen molar-refractivity contribution in [1.82, 2.24) is 16.0 Å². The van der Waals surface area contributed by atoms with Gasteiger partial charge < -0.3 is 16.0 Å². The van der Waals surface area contributed by atoms with Gasteiger partial charge >= 0.3 is 0 Å². The summed E-state index contributed by atoms with van der Waals surface area (Å²) in [7, 11) is 0. The van der Waals surface area contributed by atoms with Gasteiger partial charge in [0.1, 0.15) is 0 Å². The fourth-order valence-electron chi connectivity index (χ4n) is 2.72. The maximum absolute atomic E-state index is 11.9. The number of hydrogen-bond donors (Lipinski definition) is 3. The van der Waals surface area contributed by atoms with Gasteiger partial charge in [0.25, 0.3) is 0 Å². The lowest BCUT2D eigenvalue weighted by Gasteiger charge is -2.13. The van der Waals surface area contributed by atoms with E-state index >= 15 is 0 Å². The molecule has 1 amide bonds. The second kappa shape index (κ2) is 11.7. The van der Waals surface area contributed by atoms with Crippen molar-refractivity contribution < 1.29 is 4.79 Å². The van der Waals surface area contributed by atoms with Gasteiger partial charge in [-0.15, -0.1) is 35.3 Å². The molecule has 2 rings (SSSR count). The molecule has 0 atom stereocenters. The third-order valence-electron chi connectivity index (χ3n) is 4.06. The molecule has 0 aliphatic heterocycles. The number of amides is 1. The number of guanidine groups is 1. The zero-order chi connectivity index (χ0) is 16.5. The monoisotopic (exact) mass is 464 g/mol. The number of rotatable bonds is 7. The molecule has 24 heavy (non-hydrogen) atoms. The van der Waals surface area contributed by atoms with Gasteiger partial charge in [0.15, 0.2) is 5.96 Å². The highest BCUT2D eigenvalue weighted by molar-refractivity contribution is 14.0. The number of nitrogens with zero attached hydrogens (tertiary/aromatic N) is 1. The second-order valence-corrected chi connectivity index (χ2v) is 6.95. The highest BCUT2D eigenvalue weighted by Crippen LogP contribution is 2.17. The first-order valence-electron chi connectivity index (χ1n) is 8.53. The Kier molecular flexibility index (Phi) is 10.3. The van der Waals surface area contributed by atoms with E-state index in [9.17, 15) is 4.79 Å². The summed E-state index contributed by atoms with van der Waals surface area (Å²) in [6.45, 7) is 6.24. The lowest BCUT2D eigenvalue weighted by Crippen LogP contribution is -2.40. The smallest absolute Gasteiger partial charge is 0.221 e. The molecule has 1 aliphatic rings. The van der Waals surface area contributed by atoms with E-state index in [2.05, 4.69) is 39.3 Å². The van der Waals surface area contributed by atoms with Gasteiger partial charge in [0.2, 0.25) is 5.91 Å². The number of nitrogens with one attached hydrogen (secondary N) is 3. The van der Waals surface area contributed by atoms with Crippen LogP contribution in [0.5, 0.6) is 0 Å². The van der Waals surface area contributed by atoms with Crippen LogP contribution in [0.25, 0.3) is 0 Å². The molecule has 3 N–H and O–H groups in total. The Labute approximate surface area is 166 Å². The molecule has 0 spiro atoms. The largest absolute Gasteiger partial charge is 0.357 e. The molecular formula is C17H29IN4OS. The summed E-state index contributed by atoms with van der Waals surface area (Å²) in [6, 6.07) is 2.51. The number of halogens is 1. The number of hydrogen-bond acceptors (Lipinski definition) is 3. The quantitative estimate of drug-likeness (QED) is 0.330. The van der Waals surface area contributed by atoms with Gasteiger partial charge in [-0.1, -0.05) is 12.8 Å². The second-order valence-electron chi connectivity index (χ2n) is 5.95. The minimum Gasteiger partial charge on any atom is -0.357 e. The molecule has 136 valence electrons. The van der Waals surface area contributed by atoms with Crippen LogP contribution in [0.15, 0.2) is 16.4 Å². The van der Waals surface area contributed by atoms with Gasteiger partial charge in [-0.25, -0.2) is 4.99 Å². The van der Waals surface area contributed by atoms with Crippen LogP contribution in [-0.4, -0.2) is 31.0 Å². The van der Waals surface area contributed by atoms with Crippen LogP contribution in [-0.2, 0) is 11.3 Å². The molecule has 0 saturated heterocycles. The van der Waals surface area contributed by atoms with Crippen LogP contribution in [0.4, 0.5) is 0 Å². The van der Waals surface area contributed by atoms with Gasteiger partial charge in [-0.3, -0.25) is 4.79 Å². The summed E-state index contributed by atoms with van der Waals surface area (Å²) < 4.78 is 0. The highest BCUT2D eigenvalue weighted by Gasteiger charge is 2.16. The van der Waals surface area contributed by atoms with Crippen molar-refractivity contribution in [3.63, 3.8) is 0 Å². The fraction of sp³-hybridized carbons (Fsp3) is 0.647. The Balaban J connectivity index is 0.00000288. The molecular weight excluding hydrogens is 435 g/mol. The third kappa shape index (κ3) is 7.38. The van der Waals surface area contributed by atoms with E-state index in [1.807, 2.05) is 6.92 Å². The SMILES string of the molecule is CCNC(=NCc1sccc1C)NCCC(=O)NC1CCCC1.I. The van der Waals surface area contributed by atoms with Crippen molar-refractivity contribution in [3.05, 3.63) is 21.9 Å². The molecule has 0 aromatic carbocycles. The molecule has 1 heterocycles. The summed E-state index contributed by atoms with van der Waals surface area (Å²) in [5, 5.41) is 11.7. The zero-order valence-corrected chi connectivity index (χ0v) is 17.7. The van der Waals surface area contributed by atoms with E-state index < -0.39 is 0 Å².